The summed E-state index contributed by atoms with van der Waals surface area (Å²) in [5.74, 6) is 0.568. The van der Waals surface area contributed by atoms with Gasteiger partial charge in [0.25, 0.3) is 0 Å². The summed E-state index contributed by atoms with van der Waals surface area (Å²) in [7, 11) is 1.64. The SMILES string of the molecule is CCC/C(=N\OC)C1CCN(C2CCCN(C(=O)OCC)CC2)CC1. The number of carbonyl (C=O) groups excluding carboxylic acids is 1. The predicted molar refractivity (Wildman–Crippen MR) is 99.9 cm³/mol. The first kappa shape index (κ1) is 20.0. The van der Waals surface area contributed by atoms with E-state index in [4.69, 9.17) is 9.57 Å². The van der Waals surface area contributed by atoms with Crippen LogP contribution in [0.4, 0.5) is 4.79 Å². The summed E-state index contributed by atoms with van der Waals surface area (Å²) >= 11 is 0. The Kier molecular flexibility index (Phi) is 8.52. The first-order valence-corrected chi connectivity index (χ1v) is 9.95. The summed E-state index contributed by atoms with van der Waals surface area (Å²) in [5.41, 5.74) is 1.24. The Balaban J connectivity index is 1.82. The molecule has 6 heteroatoms. The van der Waals surface area contributed by atoms with Crippen LogP contribution in [-0.4, -0.2) is 67.5 Å². The third-order valence-electron chi connectivity index (χ3n) is 5.46. The zero-order valence-corrected chi connectivity index (χ0v) is 16.2. The fourth-order valence-corrected chi connectivity index (χ4v) is 4.14. The zero-order valence-electron chi connectivity index (χ0n) is 16.2. The van der Waals surface area contributed by atoms with Gasteiger partial charge in [-0.15, -0.1) is 0 Å². The van der Waals surface area contributed by atoms with Gasteiger partial charge in [-0.05, 0) is 58.5 Å². The number of ether oxygens (including phenoxy) is 1. The van der Waals surface area contributed by atoms with E-state index in [0.717, 1.165) is 51.9 Å². The van der Waals surface area contributed by atoms with Gasteiger partial charge in [0.15, 0.2) is 0 Å². The second-order valence-corrected chi connectivity index (χ2v) is 7.10. The Morgan fingerprint density at radius 3 is 2.48 bits per heavy atom. The smallest absolute Gasteiger partial charge is 0.409 e. The summed E-state index contributed by atoms with van der Waals surface area (Å²) in [4.78, 5) is 21.5. The molecule has 0 N–H and O–H groups in total. The predicted octanol–water partition coefficient (Wildman–Crippen LogP) is 3.51. The summed E-state index contributed by atoms with van der Waals surface area (Å²) in [5, 5.41) is 4.28. The molecule has 6 nitrogen and oxygen atoms in total. The van der Waals surface area contributed by atoms with E-state index in [0.29, 0.717) is 18.6 Å². The molecule has 2 aliphatic heterocycles. The molecule has 2 saturated heterocycles. The third-order valence-corrected chi connectivity index (χ3v) is 5.46. The first-order valence-electron chi connectivity index (χ1n) is 9.95. The summed E-state index contributed by atoms with van der Waals surface area (Å²) in [6, 6.07) is 0.592. The van der Waals surface area contributed by atoms with Crippen LogP contribution < -0.4 is 0 Å². The standard InChI is InChI=1S/C19H35N3O3/c1-4-7-18(20-24-3)16-9-13-21(14-10-16)17-8-6-12-22(15-11-17)19(23)25-5-2/h16-17H,4-15H2,1-3H3/b20-18+. The third kappa shape index (κ3) is 5.87. The molecule has 144 valence electrons. The second-order valence-electron chi connectivity index (χ2n) is 7.10. The highest BCUT2D eigenvalue weighted by atomic mass is 16.6. The number of oxime groups is 1. The van der Waals surface area contributed by atoms with Crippen LogP contribution in [0.2, 0.25) is 0 Å². The Hall–Kier alpha value is -1.30. The molecule has 2 aliphatic rings. The van der Waals surface area contributed by atoms with Crippen LogP contribution in [0.25, 0.3) is 0 Å². The van der Waals surface area contributed by atoms with E-state index >= 15 is 0 Å². The van der Waals surface area contributed by atoms with Gasteiger partial charge in [-0.1, -0.05) is 18.5 Å². The quantitative estimate of drug-likeness (QED) is 0.542. The normalized spacial score (nSPS) is 24.0. The van der Waals surface area contributed by atoms with E-state index in [-0.39, 0.29) is 6.09 Å². The minimum absolute atomic E-state index is 0.151. The lowest BCUT2D eigenvalue weighted by Crippen LogP contribution is -2.43. The molecule has 0 aromatic carbocycles. The Morgan fingerprint density at radius 2 is 1.84 bits per heavy atom. The molecule has 1 atom stereocenters. The topological polar surface area (TPSA) is 54.4 Å². The highest BCUT2D eigenvalue weighted by molar-refractivity contribution is 5.86. The van der Waals surface area contributed by atoms with Crippen molar-refractivity contribution >= 4 is 11.8 Å². The van der Waals surface area contributed by atoms with Gasteiger partial charge in [-0.3, -0.25) is 0 Å². The van der Waals surface area contributed by atoms with Crippen molar-refractivity contribution in [2.24, 2.45) is 11.1 Å². The van der Waals surface area contributed by atoms with Crippen molar-refractivity contribution < 1.29 is 14.4 Å². The summed E-state index contributed by atoms with van der Waals surface area (Å²) in [6.45, 7) is 8.41. The molecular weight excluding hydrogens is 318 g/mol. The van der Waals surface area contributed by atoms with E-state index in [2.05, 4.69) is 17.0 Å². The van der Waals surface area contributed by atoms with Gasteiger partial charge in [-0.25, -0.2) is 4.79 Å². The van der Waals surface area contributed by atoms with Crippen molar-refractivity contribution in [3.8, 4) is 0 Å². The number of rotatable bonds is 6. The molecule has 0 saturated carbocycles. The van der Waals surface area contributed by atoms with Crippen molar-refractivity contribution in [3.63, 3.8) is 0 Å². The Bertz CT molecular complexity index is 434. The number of likely N-dealkylation sites (tertiary alicyclic amines) is 2. The van der Waals surface area contributed by atoms with Gasteiger partial charge >= 0.3 is 6.09 Å². The largest absolute Gasteiger partial charge is 0.450 e. The molecule has 0 spiro atoms. The van der Waals surface area contributed by atoms with Gasteiger partial charge in [0, 0.05) is 25.0 Å². The number of nitrogens with zero attached hydrogens (tertiary/aromatic N) is 3. The minimum Gasteiger partial charge on any atom is -0.450 e. The minimum atomic E-state index is -0.151. The van der Waals surface area contributed by atoms with Crippen molar-refractivity contribution in [1.29, 1.82) is 0 Å². The van der Waals surface area contributed by atoms with Gasteiger partial charge in [0.2, 0.25) is 0 Å². The van der Waals surface area contributed by atoms with E-state index in [9.17, 15) is 4.79 Å². The van der Waals surface area contributed by atoms with Crippen molar-refractivity contribution in [2.75, 3.05) is 39.9 Å². The van der Waals surface area contributed by atoms with Crippen LogP contribution >= 0.6 is 0 Å². The van der Waals surface area contributed by atoms with Crippen molar-refractivity contribution in [3.05, 3.63) is 0 Å². The van der Waals surface area contributed by atoms with Crippen LogP contribution in [0.1, 0.15) is 58.8 Å². The van der Waals surface area contributed by atoms with Crippen LogP contribution in [0.5, 0.6) is 0 Å². The molecule has 2 heterocycles. The molecule has 0 aliphatic carbocycles. The number of piperidine rings is 1. The molecule has 1 unspecified atom stereocenters. The van der Waals surface area contributed by atoms with Gasteiger partial charge < -0.3 is 19.4 Å². The molecule has 1 amide bonds. The molecule has 2 rings (SSSR count). The number of carbonyl (C=O) groups is 1. The maximum atomic E-state index is 11.9. The van der Waals surface area contributed by atoms with Crippen LogP contribution in [-0.2, 0) is 9.57 Å². The molecule has 2 fully saturated rings. The lowest BCUT2D eigenvalue weighted by Gasteiger charge is -2.37. The highest BCUT2D eigenvalue weighted by Gasteiger charge is 2.30. The molecule has 0 bridgehead atoms. The fraction of sp³-hybridized carbons (Fsp3) is 0.895. The van der Waals surface area contributed by atoms with Crippen LogP contribution in [0.15, 0.2) is 5.16 Å². The highest BCUT2D eigenvalue weighted by Crippen LogP contribution is 2.26. The molecule has 25 heavy (non-hydrogen) atoms. The monoisotopic (exact) mass is 353 g/mol. The van der Waals surface area contributed by atoms with E-state index in [1.807, 2.05) is 11.8 Å². The molecule has 0 aromatic heterocycles. The Morgan fingerprint density at radius 1 is 1.08 bits per heavy atom. The maximum absolute atomic E-state index is 11.9. The molecule has 0 aromatic rings. The molecule has 0 radical (unpaired) electrons. The average Bonchev–Trinajstić information content (AvgIpc) is 2.88. The number of hydrogen-bond donors (Lipinski definition) is 0. The fourth-order valence-electron chi connectivity index (χ4n) is 4.14. The Labute approximate surface area is 152 Å². The lowest BCUT2D eigenvalue weighted by atomic mass is 9.88. The van der Waals surface area contributed by atoms with Crippen molar-refractivity contribution in [1.82, 2.24) is 9.80 Å². The number of hydrogen-bond acceptors (Lipinski definition) is 5. The molecular formula is C19H35N3O3. The van der Waals surface area contributed by atoms with E-state index < -0.39 is 0 Å². The van der Waals surface area contributed by atoms with E-state index in [1.165, 1.54) is 25.0 Å². The van der Waals surface area contributed by atoms with Crippen molar-refractivity contribution in [2.45, 2.75) is 64.8 Å². The van der Waals surface area contributed by atoms with Gasteiger partial charge in [0.05, 0.1) is 12.3 Å². The first-order chi connectivity index (χ1) is 12.2. The van der Waals surface area contributed by atoms with E-state index in [1.54, 1.807) is 7.11 Å². The van der Waals surface area contributed by atoms with Gasteiger partial charge in [-0.2, -0.15) is 0 Å². The second kappa shape index (κ2) is 10.6. The maximum Gasteiger partial charge on any atom is 0.409 e. The number of amides is 1. The average molecular weight is 354 g/mol. The summed E-state index contributed by atoms with van der Waals surface area (Å²) < 4.78 is 5.15. The zero-order chi connectivity index (χ0) is 18.1. The summed E-state index contributed by atoms with van der Waals surface area (Å²) in [6.07, 6.45) is 7.63. The van der Waals surface area contributed by atoms with Gasteiger partial charge in [0.1, 0.15) is 7.11 Å². The lowest BCUT2D eigenvalue weighted by molar-refractivity contribution is 0.105. The van der Waals surface area contributed by atoms with Crippen LogP contribution in [0, 0.1) is 5.92 Å². The van der Waals surface area contributed by atoms with Crippen LogP contribution in [0.3, 0.4) is 0 Å².